The number of hydrogen-bond acceptors (Lipinski definition) is 4. The van der Waals surface area contributed by atoms with Crippen molar-refractivity contribution in [3.05, 3.63) is 34.7 Å². The average molecular weight is 288 g/mol. The van der Waals surface area contributed by atoms with Crippen LogP contribution in [0.2, 0.25) is 0 Å². The van der Waals surface area contributed by atoms with Crippen LogP contribution >= 0.6 is 11.8 Å². The van der Waals surface area contributed by atoms with Crippen LogP contribution in [0.25, 0.3) is 6.08 Å². The number of aliphatic imine (C=N–C) groups is 1. The van der Waals surface area contributed by atoms with Crippen molar-refractivity contribution in [3.8, 4) is 5.75 Å². The Hall–Kier alpha value is -1.75. The van der Waals surface area contributed by atoms with E-state index in [-0.39, 0.29) is 11.7 Å². The van der Waals surface area contributed by atoms with Gasteiger partial charge in [0.15, 0.2) is 5.17 Å². The number of carbonyl (C=O) groups excluding carboxylic acids is 1. The molecule has 0 aliphatic carbocycles. The molecule has 1 aromatic rings. The summed E-state index contributed by atoms with van der Waals surface area (Å²) in [6, 6.07) is 6.87. The van der Waals surface area contributed by atoms with E-state index in [0.717, 1.165) is 23.8 Å². The summed E-state index contributed by atoms with van der Waals surface area (Å²) < 4.78 is 0. The van der Waals surface area contributed by atoms with Crippen molar-refractivity contribution >= 4 is 28.9 Å². The molecule has 1 fully saturated rings. The Bertz CT molecular complexity index is 589. The molecule has 0 unspecified atom stereocenters. The number of rotatable bonds is 1. The quantitative estimate of drug-likeness (QED) is 0.807. The molecule has 1 saturated heterocycles. The number of phenolic OH excluding ortho intramolecular Hbond substituents is 1. The number of likely N-dealkylation sites (tertiary alicyclic amines) is 1. The van der Waals surface area contributed by atoms with Gasteiger partial charge in [0.05, 0.1) is 4.91 Å². The molecule has 0 bridgehead atoms. The average Bonchev–Trinajstić information content (AvgIpc) is 2.81. The van der Waals surface area contributed by atoms with Gasteiger partial charge in [-0.05, 0) is 54.8 Å². The summed E-state index contributed by atoms with van der Waals surface area (Å²) in [5.74, 6) is 0.0193. The third-order valence-corrected chi connectivity index (χ3v) is 4.45. The monoisotopic (exact) mass is 288 g/mol. The highest BCUT2D eigenvalue weighted by Gasteiger charge is 2.26. The van der Waals surface area contributed by atoms with E-state index in [0.29, 0.717) is 4.91 Å². The lowest BCUT2D eigenvalue weighted by Gasteiger charge is -2.27. The Balaban J connectivity index is 1.76. The van der Waals surface area contributed by atoms with Crippen LogP contribution in [0.1, 0.15) is 24.8 Å². The molecule has 1 amide bonds. The molecule has 0 atom stereocenters. The summed E-state index contributed by atoms with van der Waals surface area (Å²) in [5, 5.41) is 10.3. The second-order valence-electron chi connectivity index (χ2n) is 4.95. The smallest absolute Gasteiger partial charge is 0.286 e. The number of thioether (sulfide) groups is 1. The summed E-state index contributed by atoms with van der Waals surface area (Å²) in [6.45, 7) is 1.97. The molecule has 1 aromatic carbocycles. The second-order valence-corrected chi connectivity index (χ2v) is 5.96. The van der Waals surface area contributed by atoms with Gasteiger partial charge in [0, 0.05) is 13.1 Å². The fourth-order valence-electron chi connectivity index (χ4n) is 2.38. The number of carbonyl (C=O) groups is 1. The summed E-state index contributed by atoms with van der Waals surface area (Å²) in [6.07, 6.45) is 5.38. The molecule has 2 aliphatic heterocycles. The van der Waals surface area contributed by atoms with Crippen molar-refractivity contribution in [3.63, 3.8) is 0 Å². The first-order chi connectivity index (χ1) is 9.72. The lowest BCUT2D eigenvalue weighted by Crippen LogP contribution is -2.33. The summed E-state index contributed by atoms with van der Waals surface area (Å²) in [4.78, 5) is 18.9. The zero-order chi connectivity index (χ0) is 13.9. The predicted molar refractivity (Wildman–Crippen MR) is 81.5 cm³/mol. The molecule has 5 heteroatoms. The Kier molecular flexibility index (Phi) is 3.78. The maximum Gasteiger partial charge on any atom is 0.286 e. The van der Waals surface area contributed by atoms with Gasteiger partial charge >= 0.3 is 0 Å². The Morgan fingerprint density at radius 2 is 2.05 bits per heavy atom. The fourth-order valence-corrected chi connectivity index (χ4v) is 3.35. The van der Waals surface area contributed by atoms with Crippen LogP contribution in [-0.4, -0.2) is 34.2 Å². The van der Waals surface area contributed by atoms with Crippen LogP contribution in [-0.2, 0) is 4.79 Å². The van der Waals surface area contributed by atoms with Gasteiger partial charge in [0.2, 0.25) is 0 Å². The van der Waals surface area contributed by atoms with Gasteiger partial charge in [0.25, 0.3) is 5.91 Å². The number of hydrogen-bond donors (Lipinski definition) is 1. The van der Waals surface area contributed by atoms with Crippen molar-refractivity contribution in [1.82, 2.24) is 4.90 Å². The number of aromatic hydroxyl groups is 1. The lowest BCUT2D eigenvalue weighted by atomic mass is 10.1. The van der Waals surface area contributed by atoms with Crippen molar-refractivity contribution < 1.29 is 9.90 Å². The van der Waals surface area contributed by atoms with Gasteiger partial charge < -0.3 is 10.0 Å². The Morgan fingerprint density at radius 3 is 2.80 bits per heavy atom. The van der Waals surface area contributed by atoms with Crippen molar-refractivity contribution in [2.24, 2.45) is 4.99 Å². The van der Waals surface area contributed by atoms with Crippen LogP contribution in [0.4, 0.5) is 0 Å². The van der Waals surface area contributed by atoms with E-state index in [9.17, 15) is 9.90 Å². The number of nitrogens with zero attached hydrogens (tertiary/aromatic N) is 2. The van der Waals surface area contributed by atoms with Gasteiger partial charge in [0.1, 0.15) is 5.75 Å². The number of amides is 1. The summed E-state index contributed by atoms with van der Waals surface area (Å²) in [5.41, 5.74) is 0.816. The summed E-state index contributed by atoms with van der Waals surface area (Å²) >= 11 is 1.43. The largest absolute Gasteiger partial charge is 0.508 e. The highest BCUT2D eigenvalue weighted by molar-refractivity contribution is 8.18. The molecule has 0 spiro atoms. The van der Waals surface area contributed by atoms with E-state index in [1.165, 1.54) is 31.0 Å². The van der Waals surface area contributed by atoms with Gasteiger partial charge in [-0.1, -0.05) is 12.1 Å². The van der Waals surface area contributed by atoms with Crippen molar-refractivity contribution in [2.75, 3.05) is 13.1 Å². The molecular formula is C15H16N2O2S. The van der Waals surface area contributed by atoms with E-state index in [4.69, 9.17) is 0 Å². The zero-order valence-corrected chi connectivity index (χ0v) is 11.9. The molecular weight excluding hydrogens is 272 g/mol. The standard InChI is InChI=1S/C15H16N2O2S/c18-12-6-4-5-11(9-12)10-13-14(19)16-15(20-13)17-7-2-1-3-8-17/h4-6,9-10,18H,1-3,7-8H2/b13-10-. The lowest BCUT2D eigenvalue weighted by molar-refractivity contribution is -0.113. The molecule has 104 valence electrons. The highest BCUT2D eigenvalue weighted by Crippen LogP contribution is 2.31. The van der Waals surface area contributed by atoms with Crippen LogP contribution in [0.3, 0.4) is 0 Å². The van der Waals surface area contributed by atoms with E-state index in [2.05, 4.69) is 9.89 Å². The van der Waals surface area contributed by atoms with Crippen LogP contribution in [0.5, 0.6) is 5.75 Å². The minimum atomic E-state index is -0.182. The number of phenols is 1. The Labute approximate surface area is 122 Å². The first-order valence-electron chi connectivity index (χ1n) is 6.79. The first kappa shape index (κ1) is 13.2. The maximum absolute atomic E-state index is 12.0. The predicted octanol–water partition coefficient (Wildman–Crippen LogP) is 2.85. The molecule has 0 radical (unpaired) electrons. The SMILES string of the molecule is O=C1N=C(N2CCCCC2)S/C1=C\c1cccc(O)c1. The minimum absolute atomic E-state index is 0.182. The van der Waals surface area contributed by atoms with Crippen molar-refractivity contribution in [1.29, 1.82) is 0 Å². The van der Waals surface area contributed by atoms with Gasteiger partial charge in [-0.2, -0.15) is 4.99 Å². The van der Waals surface area contributed by atoms with Crippen LogP contribution < -0.4 is 0 Å². The maximum atomic E-state index is 12.0. The number of benzene rings is 1. The molecule has 2 aliphatic rings. The van der Waals surface area contributed by atoms with Gasteiger partial charge in [-0.15, -0.1) is 0 Å². The van der Waals surface area contributed by atoms with E-state index >= 15 is 0 Å². The molecule has 20 heavy (non-hydrogen) atoms. The zero-order valence-electron chi connectivity index (χ0n) is 11.1. The molecule has 0 saturated carbocycles. The van der Waals surface area contributed by atoms with E-state index < -0.39 is 0 Å². The molecule has 2 heterocycles. The second kappa shape index (κ2) is 5.71. The third kappa shape index (κ3) is 2.88. The minimum Gasteiger partial charge on any atom is -0.508 e. The molecule has 4 nitrogen and oxygen atoms in total. The first-order valence-corrected chi connectivity index (χ1v) is 7.60. The number of piperidine rings is 1. The van der Waals surface area contributed by atoms with Crippen LogP contribution in [0, 0.1) is 0 Å². The third-order valence-electron chi connectivity index (χ3n) is 3.40. The number of amidine groups is 1. The van der Waals surface area contributed by atoms with Crippen LogP contribution in [0.15, 0.2) is 34.2 Å². The highest BCUT2D eigenvalue weighted by atomic mass is 32.2. The Morgan fingerprint density at radius 1 is 1.25 bits per heavy atom. The topological polar surface area (TPSA) is 52.9 Å². The van der Waals surface area contributed by atoms with Crippen molar-refractivity contribution in [2.45, 2.75) is 19.3 Å². The molecule has 3 rings (SSSR count). The molecule has 1 N–H and O–H groups in total. The van der Waals surface area contributed by atoms with Gasteiger partial charge in [-0.25, -0.2) is 0 Å². The fraction of sp³-hybridized carbons (Fsp3) is 0.333. The summed E-state index contributed by atoms with van der Waals surface area (Å²) in [7, 11) is 0. The van der Waals surface area contributed by atoms with E-state index in [1.54, 1.807) is 24.3 Å². The molecule has 0 aromatic heterocycles. The van der Waals surface area contributed by atoms with Gasteiger partial charge in [-0.3, -0.25) is 4.79 Å². The van der Waals surface area contributed by atoms with E-state index in [1.807, 2.05) is 6.07 Å². The normalized spacial score (nSPS) is 21.4.